The average molecular weight is 328 g/mol. The molecule has 0 amide bonds. The van der Waals surface area contributed by atoms with E-state index in [1.807, 2.05) is 18.2 Å². The van der Waals surface area contributed by atoms with Crippen molar-refractivity contribution < 1.29 is 9.90 Å². The largest absolute Gasteiger partial charge is 0.481 e. The lowest BCUT2D eigenvalue weighted by Gasteiger charge is -2.15. The number of carboxylic acid groups (broad SMARTS) is 1. The van der Waals surface area contributed by atoms with Crippen LogP contribution < -0.4 is 5.73 Å². The summed E-state index contributed by atoms with van der Waals surface area (Å²) in [5.74, 6) is 0.451. The van der Waals surface area contributed by atoms with Gasteiger partial charge in [0, 0.05) is 12.4 Å². The lowest BCUT2D eigenvalue weighted by molar-refractivity contribution is -0.140. The van der Waals surface area contributed by atoms with E-state index in [0.717, 1.165) is 25.1 Å². The average Bonchev–Trinajstić information content (AvgIpc) is 3.11. The van der Waals surface area contributed by atoms with Crippen LogP contribution in [0.5, 0.6) is 0 Å². The maximum Gasteiger partial charge on any atom is 0.316 e. The Hall–Kier alpha value is -2.21. The molecule has 1 saturated carbocycles. The highest BCUT2D eigenvalue weighted by Crippen LogP contribution is 2.57. The zero-order valence-corrected chi connectivity index (χ0v) is 13.9. The molecule has 0 aromatic carbocycles. The van der Waals surface area contributed by atoms with Crippen molar-refractivity contribution in [2.24, 2.45) is 17.6 Å². The highest BCUT2D eigenvalue weighted by atomic mass is 16.4. The molecule has 24 heavy (non-hydrogen) atoms. The summed E-state index contributed by atoms with van der Waals surface area (Å²) >= 11 is 0. The number of carbonyl (C=O) groups is 1. The van der Waals surface area contributed by atoms with Gasteiger partial charge in [-0.2, -0.15) is 0 Å². The normalized spacial score (nSPS) is 23.8. The lowest BCUT2D eigenvalue weighted by Crippen LogP contribution is -2.25. The second-order valence-electron chi connectivity index (χ2n) is 6.66. The number of aromatic nitrogens is 3. The first-order valence-electron chi connectivity index (χ1n) is 8.51. The lowest BCUT2D eigenvalue weighted by atomic mass is 9.91. The topological polar surface area (TPSA) is 94.0 Å². The molecule has 2 aromatic heterocycles. The van der Waals surface area contributed by atoms with E-state index >= 15 is 0 Å². The Kier molecular flexibility index (Phi) is 4.66. The maximum atomic E-state index is 12.0. The number of carboxylic acids is 1. The van der Waals surface area contributed by atoms with E-state index in [9.17, 15) is 9.90 Å². The third-order valence-electron chi connectivity index (χ3n) is 5.09. The van der Waals surface area contributed by atoms with Gasteiger partial charge in [0.2, 0.25) is 0 Å². The zero-order valence-electron chi connectivity index (χ0n) is 13.9. The van der Waals surface area contributed by atoms with Gasteiger partial charge >= 0.3 is 5.97 Å². The number of pyridine rings is 1. The van der Waals surface area contributed by atoms with Crippen LogP contribution in [0.1, 0.15) is 38.3 Å². The van der Waals surface area contributed by atoms with E-state index in [2.05, 4.69) is 16.9 Å². The third-order valence-corrected chi connectivity index (χ3v) is 5.09. The molecule has 0 radical (unpaired) electrons. The molecule has 6 heteroatoms. The first-order chi connectivity index (χ1) is 11.6. The number of hydrogen-bond acceptors (Lipinski definition) is 4. The van der Waals surface area contributed by atoms with Crippen molar-refractivity contribution in [2.45, 2.75) is 38.0 Å². The Morgan fingerprint density at radius 1 is 1.50 bits per heavy atom. The molecule has 6 nitrogen and oxygen atoms in total. The highest BCUT2D eigenvalue weighted by Gasteiger charge is 2.63. The van der Waals surface area contributed by atoms with Crippen LogP contribution in [0, 0.1) is 11.8 Å². The van der Waals surface area contributed by atoms with Gasteiger partial charge < -0.3 is 10.8 Å². The Bertz CT molecular complexity index is 700. The van der Waals surface area contributed by atoms with Gasteiger partial charge in [0.05, 0.1) is 5.69 Å². The van der Waals surface area contributed by atoms with Gasteiger partial charge in [0.25, 0.3) is 0 Å². The SMILES string of the molecule is CCC[C@@H](CN)C[C@H]1CC1(C(=O)O)c1cn(-c2ccccn2)cn1. The van der Waals surface area contributed by atoms with E-state index < -0.39 is 11.4 Å². The van der Waals surface area contributed by atoms with E-state index in [1.165, 1.54) is 0 Å². The summed E-state index contributed by atoms with van der Waals surface area (Å²) in [6.45, 7) is 2.75. The predicted octanol–water partition coefficient (Wildman–Crippen LogP) is 2.37. The van der Waals surface area contributed by atoms with Gasteiger partial charge in [-0.05, 0) is 49.8 Å². The van der Waals surface area contributed by atoms with Gasteiger partial charge in [-0.3, -0.25) is 9.36 Å². The monoisotopic (exact) mass is 328 g/mol. The molecule has 1 fully saturated rings. The van der Waals surface area contributed by atoms with Crippen LogP contribution in [0.3, 0.4) is 0 Å². The molecule has 3 rings (SSSR count). The van der Waals surface area contributed by atoms with Crippen LogP contribution in [0.2, 0.25) is 0 Å². The third kappa shape index (κ3) is 2.94. The van der Waals surface area contributed by atoms with Crippen molar-refractivity contribution in [1.29, 1.82) is 0 Å². The Labute approximate surface area is 141 Å². The molecule has 2 heterocycles. The van der Waals surface area contributed by atoms with Gasteiger partial charge in [0.15, 0.2) is 0 Å². The molecule has 0 saturated heterocycles. The number of nitrogens with zero attached hydrogens (tertiary/aromatic N) is 3. The maximum absolute atomic E-state index is 12.0. The van der Waals surface area contributed by atoms with Crippen LogP contribution in [-0.2, 0) is 10.2 Å². The quantitative estimate of drug-likeness (QED) is 0.776. The summed E-state index contributed by atoms with van der Waals surface area (Å²) < 4.78 is 1.78. The summed E-state index contributed by atoms with van der Waals surface area (Å²) in [5.41, 5.74) is 5.61. The predicted molar refractivity (Wildman–Crippen MR) is 90.8 cm³/mol. The number of imidazole rings is 1. The Morgan fingerprint density at radius 2 is 2.33 bits per heavy atom. The first kappa shape index (κ1) is 16.6. The number of hydrogen-bond donors (Lipinski definition) is 2. The van der Waals surface area contributed by atoms with Crippen LogP contribution in [0.4, 0.5) is 0 Å². The second kappa shape index (κ2) is 6.73. The van der Waals surface area contributed by atoms with E-state index in [4.69, 9.17) is 5.73 Å². The van der Waals surface area contributed by atoms with Crippen molar-refractivity contribution in [2.75, 3.05) is 6.54 Å². The summed E-state index contributed by atoms with van der Waals surface area (Å²) in [4.78, 5) is 20.6. The first-order valence-corrected chi connectivity index (χ1v) is 8.51. The van der Waals surface area contributed by atoms with Crippen LogP contribution >= 0.6 is 0 Å². The zero-order chi connectivity index (χ0) is 17.2. The number of rotatable bonds is 8. The Balaban J connectivity index is 1.81. The number of nitrogens with two attached hydrogens (primary N) is 1. The van der Waals surface area contributed by atoms with Crippen molar-refractivity contribution in [3.05, 3.63) is 42.6 Å². The molecule has 3 atom stereocenters. The molecular formula is C18H24N4O2. The molecule has 128 valence electrons. The Morgan fingerprint density at radius 3 is 2.96 bits per heavy atom. The summed E-state index contributed by atoms with van der Waals surface area (Å²) in [6, 6.07) is 5.61. The van der Waals surface area contributed by atoms with E-state index in [1.54, 1.807) is 23.3 Å². The van der Waals surface area contributed by atoms with E-state index in [-0.39, 0.29) is 5.92 Å². The minimum absolute atomic E-state index is 0.113. The van der Waals surface area contributed by atoms with Crippen molar-refractivity contribution in [3.63, 3.8) is 0 Å². The minimum atomic E-state index is -0.860. The van der Waals surface area contributed by atoms with Gasteiger partial charge in [0.1, 0.15) is 17.6 Å². The van der Waals surface area contributed by atoms with Gasteiger partial charge in [-0.25, -0.2) is 9.97 Å². The summed E-state index contributed by atoms with van der Waals surface area (Å²) in [6.07, 6.45) is 8.76. The molecule has 2 aromatic rings. The van der Waals surface area contributed by atoms with Crippen LogP contribution in [0.25, 0.3) is 5.82 Å². The molecule has 0 aliphatic heterocycles. The molecule has 3 N–H and O–H groups in total. The standard InChI is InChI=1S/C18H24N4O2/c1-2-5-13(10-19)8-14-9-18(14,17(23)24)15-11-22(12-21-15)16-6-3-4-7-20-16/h3-4,6-7,11-14H,2,5,8-10,19H2,1H3,(H,23,24)/t13-,14+,18?/m1/s1. The van der Waals surface area contributed by atoms with Crippen LogP contribution in [-0.4, -0.2) is 32.2 Å². The van der Waals surface area contributed by atoms with Crippen molar-refractivity contribution in [1.82, 2.24) is 14.5 Å². The molecule has 0 bridgehead atoms. The highest BCUT2D eigenvalue weighted by molar-refractivity contribution is 5.85. The van der Waals surface area contributed by atoms with Crippen LogP contribution in [0.15, 0.2) is 36.9 Å². The van der Waals surface area contributed by atoms with Crippen molar-refractivity contribution >= 4 is 5.97 Å². The fraction of sp³-hybridized carbons (Fsp3) is 0.500. The van der Waals surface area contributed by atoms with Gasteiger partial charge in [-0.1, -0.05) is 19.4 Å². The fourth-order valence-electron chi connectivity index (χ4n) is 3.63. The van der Waals surface area contributed by atoms with Gasteiger partial charge in [-0.15, -0.1) is 0 Å². The molecule has 0 spiro atoms. The molecule has 1 aliphatic rings. The van der Waals surface area contributed by atoms with Crippen molar-refractivity contribution in [3.8, 4) is 5.82 Å². The molecular weight excluding hydrogens is 304 g/mol. The fourth-order valence-corrected chi connectivity index (χ4v) is 3.63. The van der Waals surface area contributed by atoms with E-state index in [0.29, 0.717) is 24.6 Å². The summed E-state index contributed by atoms with van der Waals surface area (Å²) in [7, 11) is 0. The molecule has 1 unspecified atom stereocenters. The minimum Gasteiger partial charge on any atom is -0.481 e. The molecule has 1 aliphatic carbocycles. The summed E-state index contributed by atoms with van der Waals surface area (Å²) in [5, 5.41) is 9.83. The number of aliphatic carboxylic acids is 1. The second-order valence-corrected chi connectivity index (χ2v) is 6.66. The smallest absolute Gasteiger partial charge is 0.316 e.